The van der Waals surface area contributed by atoms with E-state index in [0.717, 1.165) is 17.4 Å². The predicted octanol–water partition coefficient (Wildman–Crippen LogP) is 3.25. The van der Waals surface area contributed by atoms with Gasteiger partial charge in [-0.15, -0.1) is 0 Å². The topological polar surface area (TPSA) is 48.7 Å². The monoisotopic (exact) mass is 229 g/mol. The first kappa shape index (κ1) is 11.9. The summed E-state index contributed by atoms with van der Waals surface area (Å²) in [6.45, 7) is 4.14. The van der Waals surface area contributed by atoms with Crippen molar-refractivity contribution < 1.29 is 0 Å². The van der Waals surface area contributed by atoms with Crippen molar-refractivity contribution in [1.29, 1.82) is 5.26 Å². The Bertz CT molecular complexity index is 428. The van der Waals surface area contributed by atoms with Crippen LogP contribution in [0.1, 0.15) is 43.9 Å². The third kappa shape index (κ3) is 2.97. The summed E-state index contributed by atoms with van der Waals surface area (Å²) >= 11 is 0. The van der Waals surface area contributed by atoms with Crippen molar-refractivity contribution in [3.05, 3.63) is 23.4 Å². The number of hydrogen-bond donors (Lipinski definition) is 1. The van der Waals surface area contributed by atoms with Gasteiger partial charge in [-0.2, -0.15) is 5.26 Å². The van der Waals surface area contributed by atoms with Gasteiger partial charge in [-0.1, -0.05) is 12.8 Å². The highest BCUT2D eigenvalue weighted by atomic mass is 15.0. The van der Waals surface area contributed by atoms with Gasteiger partial charge in [0.05, 0.1) is 11.6 Å². The molecule has 1 saturated carbocycles. The summed E-state index contributed by atoms with van der Waals surface area (Å²) in [6.07, 6.45) is 5.32. The number of pyridine rings is 1. The van der Waals surface area contributed by atoms with Crippen LogP contribution in [-0.2, 0) is 0 Å². The van der Waals surface area contributed by atoms with E-state index < -0.39 is 0 Å². The predicted molar refractivity (Wildman–Crippen MR) is 68.7 cm³/mol. The minimum Gasteiger partial charge on any atom is -0.367 e. The Labute approximate surface area is 103 Å². The molecule has 1 heterocycles. The molecule has 90 valence electrons. The van der Waals surface area contributed by atoms with Crippen LogP contribution >= 0.6 is 0 Å². The van der Waals surface area contributed by atoms with Crippen LogP contribution in [0.25, 0.3) is 0 Å². The van der Waals surface area contributed by atoms with Gasteiger partial charge in [-0.25, -0.2) is 4.98 Å². The summed E-state index contributed by atoms with van der Waals surface area (Å²) in [5, 5.41) is 12.4. The number of rotatable bonds is 3. The lowest BCUT2D eigenvalue weighted by molar-refractivity contribution is 0.481. The number of nitrogens with zero attached hydrogens (tertiary/aromatic N) is 2. The molecule has 1 N–H and O–H groups in total. The molecule has 0 aliphatic heterocycles. The van der Waals surface area contributed by atoms with Crippen LogP contribution in [0.5, 0.6) is 0 Å². The molecule has 0 radical (unpaired) electrons. The van der Waals surface area contributed by atoms with Gasteiger partial charge >= 0.3 is 0 Å². The second-order valence-corrected chi connectivity index (χ2v) is 4.97. The number of nitrogens with one attached hydrogen (secondary N) is 1. The maximum absolute atomic E-state index is 8.93. The van der Waals surface area contributed by atoms with Crippen molar-refractivity contribution in [2.75, 3.05) is 5.32 Å². The van der Waals surface area contributed by atoms with Gasteiger partial charge in [0.2, 0.25) is 0 Å². The Hall–Kier alpha value is -1.56. The maximum atomic E-state index is 8.93. The van der Waals surface area contributed by atoms with Crippen LogP contribution in [0, 0.1) is 24.2 Å². The van der Waals surface area contributed by atoms with Gasteiger partial charge in [-0.3, -0.25) is 0 Å². The molecular formula is C14H19N3. The van der Waals surface area contributed by atoms with E-state index in [9.17, 15) is 0 Å². The quantitative estimate of drug-likeness (QED) is 0.865. The average molecular weight is 229 g/mol. The molecule has 2 rings (SSSR count). The molecule has 0 spiro atoms. The molecule has 1 aromatic heterocycles. The van der Waals surface area contributed by atoms with Crippen LogP contribution in [-0.4, -0.2) is 11.0 Å². The Morgan fingerprint density at radius 3 is 2.76 bits per heavy atom. The van der Waals surface area contributed by atoms with E-state index >= 15 is 0 Å². The Morgan fingerprint density at radius 2 is 2.12 bits per heavy atom. The molecule has 1 unspecified atom stereocenters. The van der Waals surface area contributed by atoms with Crippen molar-refractivity contribution in [3.8, 4) is 6.07 Å². The summed E-state index contributed by atoms with van der Waals surface area (Å²) < 4.78 is 0. The van der Waals surface area contributed by atoms with Crippen LogP contribution in [0.3, 0.4) is 0 Å². The summed E-state index contributed by atoms with van der Waals surface area (Å²) in [5.74, 6) is 1.59. The smallest absolute Gasteiger partial charge is 0.127 e. The maximum Gasteiger partial charge on any atom is 0.127 e. The second kappa shape index (κ2) is 5.18. The number of aryl methyl sites for hydroxylation is 1. The van der Waals surface area contributed by atoms with Crippen molar-refractivity contribution in [3.63, 3.8) is 0 Å². The van der Waals surface area contributed by atoms with E-state index in [1.165, 1.54) is 25.7 Å². The lowest BCUT2D eigenvalue weighted by atomic mass is 10.00. The van der Waals surface area contributed by atoms with Crippen LogP contribution < -0.4 is 5.32 Å². The van der Waals surface area contributed by atoms with E-state index in [1.54, 1.807) is 0 Å². The fourth-order valence-electron chi connectivity index (χ4n) is 2.62. The van der Waals surface area contributed by atoms with Crippen LogP contribution in [0.4, 0.5) is 5.82 Å². The first-order valence-electron chi connectivity index (χ1n) is 6.34. The molecule has 1 atom stereocenters. The van der Waals surface area contributed by atoms with Gasteiger partial charge < -0.3 is 5.32 Å². The third-order valence-electron chi connectivity index (χ3n) is 3.57. The minimum atomic E-state index is 0.443. The molecule has 1 aromatic rings. The van der Waals surface area contributed by atoms with E-state index in [2.05, 4.69) is 23.3 Å². The highest BCUT2D eigenvalue weighted by Gasteiger charge is 2.21. The number of nitriles is 1. The Kier molecular flexibility index (Phi) is 3.63. The molecule has 3 nitrogen and oxygen atoms in total. The first-order chi connectivity index (χ1) is 8.19. The highest BCUT2D eigenvalue weighted by molar-refractivity contribution is 5.44. The highest BCUT2D eigenvalue weighted by Crippen LogP contribution is 2.29. The van der Waals surface area contributed by atoms with Gasteiger partial charge in [0.1, 0.15) is 5.82 Å². The molecule has 1 aliphatic carbocycles. The van der Waals surface area contributed by atoms with Gasteiger partial charge in [0.15, 0.2) is 0 Å². The molecule has 1 fully saturated rings. The van der Waals surface area contributed by atoms with Crippen molar-refractivity contribution in [2.45, 2.75) is 45.6 Å². The lowest BCUT2D eigenvalue weighted by Crippen LogP contribution is -2.24. The summed E-state index contributed by atoms with van der Waals surface area (Å²) in [7, 11) is 0. The molecule has 17 heavy (non-hydrogen) atoms. The molecule has 1 aliphatic rings. The summed E-state index contributed by atoms with van der Waals surface area (Å²) in [4.78, 5) is 4.43. The van der Waals surface area contributed by atoms with Crippen molar-refractivity contribution >= 4 is 5.82 Å². The van der Waals surface area contributed by atoms with E-state index in [4.69, 9.17) is 5.26 Å². The fourth-order valence-corrected chi connectivity index (χ4v) is 2.62. The Morgan fingerprint density at radius 1 is 1.41 bits per heavy atom. The zero-order valence-corrected chi connectivity index (χ0v) is 10.5. The standard InChI is InChI=1S/C14H19N3/c1-10-7-12(9-15)8-14(16-10)17-11(2)13-5-3-4-6-13/h7-8,11,13H,3-6H2,1-2H3,(H,16,17). The van der Waals surface area contributed by atoms with Crippen molar-refractivity contribution in [2.24, 2.45) is 5.92 Å². The van der Waals surface area contributed by atoms with Crippen LogP contribution in [0.2, 0.25) is 0 Å². The first-order valence-corrected chi connectivity index (χ1v) is 6.34. The zero-order chi connectivity index (χ0) is 12.3. The SMILES string of the molecule is Cc1cc(C#N)cc(NC(C)C2CCCC2)n1. The number of anilines is 1. The largest absolute Gasteiger partial charge is 0.367 e. The van der Waals surface area contributed by atoms with E-state index in [1.807, 2.05) is 19.1 Å². The Balaban J connectivity index is 2.07. The summed E-state index contributed by atoms with van der Waals surface area (Å²) in [6, 6.07) is 6.26. The van der Waals surface area contributed by atoms with Gasteiger partial charge in [0.25, 0.3) is 0 Å². The third-order valence-corrected chi connectivity index (χ3v) is 3.57. The number of hydrogen-bond acceptors (Lipinski definition) is 3. The number of aromatic nitrogens is 1. The van der Waals surface area contributed by atoms with Gasteiger partial charge in [-0.05, 0) is 44.7 Å². The molecule has 3 heteroatoms. The van der Waals surface area contributed by atoms with Gasteiger partial charge in [0, 0.05) is 11.7 Å². The molecule has 0 bridgehead atoms. The average Bonchev–Trinajstić information content (AvgIpc) is 2.81. The molecule has 0 amide bonds. The molecular weight excluding hydrogens is 210 g/mol. The van der Waals surface area contributed by atoms with E-state index in [-0.39, 0.29) is 0 Å². The zero-order valence-electron chi connectivity index (χ0n) is 10.5. The fraction of sp³-hybridized carbons (Fsp3) is 0.571. The minimum absolute atomic E-state index is 0.443. The van der Waals surface area contributed by atoms with Crippen LogP contribution in [0.15, 0.2) is 12.1 Å². The molecule has 0 saturated heterocycles. The summed E-state index contributed by atoms with van der Waals surface area (Å²) in [5.41, 5.74) is 1.57. The lowest BCUT2D eigenvalue weighted by Gasteiger charge is -2.21. The van der Waals surface area contributed by atoms with E-state index in [0.29, 0.717) is 11.6 Å². The normalized spacial score (nSPS) is 17.7. The second-order valence-electron chi connectivity index (χ2n) is 4.97. The molecule has 0 aromatic carbocycles. The van der Waals surface area contributed by atoms with Crippen molar-refractivity contribution in [1.82, 2.24) is 4.98 Å².